The van der Waals surface area contributed by atoms with Crippen LogP contribution in [0, 0.1) is 6.92 Å². The van der Waals surface area contributed by atoms with E-state index in [1.807, 2.05) is 19.5 Å². The normalized spacial score (nSPS) is 10.4. The molecule has 0 spiro atoms. The largest absolute Gasteiger partial charge is 0.383 e. The zero-order valence-corrected chi connectivity index (χ0v) is 13.4. The van der Waals surface area contributed by atoms with Gasteiger partial charge in [0.1, 0.15) is 0 Å². The fourth-order valence-corrected chi connectivity index (χ4v) is 2.78. The first-order chi connectivity index (χ1) is 10.1. The van der Waals surface area contributed by atoms with E-state index in [4.69, 9.17) is 0 Å². The van der Waals surface area contributed by atoms with E-state index < -0.39 is 0 Å². The quantitative estimate of drug-likeness (QED) is 0.891. The van der Waals surface area contributed by atoms with Crippen LogP contribution in [-0.4, -0.2) is 34.4 Å². The molecular formula is C15H20N4OS. The van der Waals surface area contributed by atoms with Gasteiger partial charge in [-0.25, -0.2) is 4.98 Å². The van der Waals surface area contributed by atoms with Crippen LogP contribution in [0.4, 0.5) is 5.69 Å². The molecular weight excluding hydrogens is 284 g/mol. The highest BCUT2D eigenvalue weighted by Crippen LogP contribution is 2.19. The van der Waals surface area contributed by atoms with Crippen LogP contribution in [0.25, 0.3) is 0 Å². The second-order valence-corrected chi connectivity index (χ2v) is 5.81. The van der Waals surface area contributed by atoms with Crippen molar-refractivity contribution in [1.29, 1.82) is 0 Å². The summed E-state index contributed by atoms with van der Waals surface area (Å²) in [5.41, 5.74) is 4.24. The number of hydrogen-bond donors (Lipinski definition) is 1. The third-order valence-corrected chi connectivity index (χ3v) is 4.11. The molecule has 2 aromatic rings. The Hall–Kier alpha value is -1.95. The lowest BCUT2D eigenvalue weighted by Crippen LogP contribution is -2.27. The van der Waals surface area contributed by atoms with E-state index in [0.29, 0.717) is 12.1 Å². The SMILES string of the molecule is CCCNc1cnccc1C(=O)N(C)Cc1scnc1C. The second kappa shape index (κ2) is 7.17. The molecule has 0 unspecified atom stereocenters. The van der Waals surface area contributed by atoms with E-state index in [0.717, 1.165) is 29.2 Å². The summed E-state index contributed by atoms with van der Waals surface area (Å²) in [7, 11) is 1.81. The molecule has 0 radical (unpaired) electrons. The lowest BCUT2D eigenvalue weighted by atomic mass is 10.2. The minimum Gasteiger partial charge on any atom is -0.383 e. The number of aromatic nitrogens is 2. The number of nitrogens with one attached hydrogen (secondary N) is 1. The maximum Gasteiger partial charge on any atom is 0.256 e. The summed E-state index contributed by atoms with van der Waals surface area (Å²) in [6.07, 6.45) is 4.35. The Morgan fingerprint density at radius 2 is 2.29 bits per heavy atom. The Balaban J connectivity index is 2.13. The fraction of sp³-hybridized carbons (Fsp3) is 0.400. The highest BCUT2D eigenvalue weighted by atomic mass is 32.1. The van der Waals surface area contributed by atoms with E-state index in [1.54, 1.807) is 34.7 Å². The van der Waals surface area contributed by atoms with Crippen LogP contribution in [0.5, 0.6) is 0 Å². The Labute approximate surface area is 129 Å². The van der Waals surface area contributed by atoms with Crippen LogP contribution in [0.1, 0.15) is 34.3 Å². The topological polar surface area (TPSA) is 58.1 Å². The van der Waals surface area contributed by atoms with Gasteiger partial charge in [-0.15, -0.1) is 11.3 Å². The number of carbonyl (C=O) groups is 1. The molecule has 2 heterocycles. The molecule has 0 saturated heterocycles. The smallest absolute Gasteiger partial charge is 0.256 e. The Kier molecular flexibility index (Phi) is 5.27. The summed E-state index contributed by atoms with van der Waals surface area (Å²) in [5.74, 6) is -0.0104. The third kappa shape index (κ3) is 3.78. The first-order valence-corrected chi connectivity index (χ1v) is 7.83. The molecule has 2 rings (SSSR count). The van der Waals surface area contributed by atoms with Gasteiger partial charge in [-0.2, -0.15) is 0 Å². The van der Waals surface area contributed by atoms with Crippen molar-refractivity contribution in [2.45, 2.75) is 26.8 Å². The number of anilines is 1. The number of rotatable bonds is 6. The molecule has 0 aliphatic rings. The van der Waals surface area contributed by atoms with Gasteiger partial charge in [0.15, 0.2) is 0 Å². The average Bonchev–Trinajstić information content (AvgIpc) is 2.90. The van der Waals surface area contributed by atoms with Crippen molar-refractivity contribution in [3.05, 3.63) is 40.1 Å². The molecule has 2 aromatic heterocycles. The van der Waals surface area contributed by atoms with E-state index in [2.05, 4.69) is 22.2 Å². The second-order valence-electron chi connectivity index (χ2n) is 4.87. The van der Waals surface area contributed by atoms with Crippen molar-refractivity contribution in [2.75, 3.05) is 18.9 Å². The minimum absolute atomic E-state index is 0.0104. The maximum absolute atomic E-state index is 12.6. The summed E-state index contributed by atoms with van der Waals surface area (Å²) >= 11 is 1.58. The van der Waals surface area contributed by atoms with E-state index in [-0.39, 0.29) is 5.91 Å². The molecule has 0 bridgehead atoms. The van der Waals surface area contributed by atoms with Gasteiger partial charge in [0.05, 0.1) is 35.2 Å². The lowest BCUT2D eigenvalue weighted by Gasteiger charge is -2.18. The molecule has 0 atom stereocenters. The van der Waals surface area contributed by atoms with Crippen LogP contribution in [0.2, 0.25) is 0 Å². The van der Waals surface area contributed by atoms with Crippen molar-refractivity contribution < 1.29 is 4.79 Å². The summed E-state index contributed by atoms with van der Waals surface area (Å²) in [4.78, 5) is 23.7. The molecule has 0 aliphatic heterocycles. The Morgan fingerprint density at radius 3 is 2.95 bits per heavy atom. The monoisotopic (exact) mass is 304 g/mol. The van der Waals surface area contributed by atoms with Crippen molar-refractivity contribution in [1.82, 2.24) is 14.9 Å². The molecule has 0 aliphatic carbocycles. The van der Waals surface area contributed by atoms with E-state index in [9.17, 15) is 4.79 Å². The van der Waals surface area contributed by atoms with Crippen molar-refractivity contribution in [2.24, 2.45) is 0 Å². The van der Waals surface area contributed by atoms with Gasteiger partial charge in [0.2, 0.25) is 0 Å². The van der Waals surface area contributed by atoms with Gasteiger partial charge >= 0.3 is 0 Å². The standard InChI is InChI=1S/C15H20N4OS/c1-4-6-17-13-8-16-7-5-12(13)15(20)19(3)9-14-11(2)18-10-21-14/h5,7-8,10,17H,4,6,9H2,1-3H3. The number of hydrogen-bond acceptors (Lipinski definition) is 5. The number of nitrogens with zero attached hydrogens (tertiary/aromatic N) is 3. The summed E-state index contributed by atoms with van der Waals surface area (Å²) in [6, 6.07) is 1.76. The van der Waals surface area contributed by atoms with Gasteiger partial charge in [0, 0.05) is 24.7 Å². The molecule has 1 N–H and O–H groups in total. The Bertz CT molecular complexity index is 611. The molecule has 0 saturated carbocycles. The first kappa shape index (κ1) is 15.4. The molecule has 5 nitrogen and oxygen atoms in total. The number of carbonyl (C=O) groups excluding carboxylic acids is 1. The van der Waals surface area contributed by atoms with Crippen molar-refractivity contribution in [3.8, 4) is 0 Å². The zero-order chi connectivity index (χ0) is 15.2. The van der Waals surface area contributed by atoms with Gasteiger partial charge in [-0.05, 0) is 19.4 Å². The first-order valence-electron chi connectivity index (χ1n) is 6.95. The summed E-state index contributed by atoms with van der Waals surface area (Å²) in [5, 5.41) is 3.25. The number of aryl methyl sites for hydroxylation is 1. The molecule has 1 amide bonds. The van der Waals surface area contributed by atoms with E-state index >= 15 is 0 Å². The summed E-state index contributed by atoms with van der Waals surface area (Å²) < 4.78 is 0. The van der Waals surface area contributed by atoms with Crippen molar-refractivity contribution >= 4 is 22.9 Å². The fourth-order valence-electron chi connectivity index (χ4n) is 1.95. The van der Waals surface area contributed by atoms with Crippen LogP contribution in [0.15, 0.2) is 24.0 Å². The predicted molar refractivity (Wildman–Crippen MR) is 85.7 cm³/mol. The van der Waals surface area contributed by atoms with Crippen LogP contribution in [0.3, 0.4) is 0 Å². The zero-order valence-electron chi connectivity index (χ0n) is 12.6. The average molecular weight is 304 g/mol. The van der Waals surface area contributed by atoms with Gasteiger partial charge < -0.3 is 10.2 Å². The lowest BCUT2D eigenvalue weighted by molar-refractivity contribution is 0.0787. The number of pyridine rings is 1. The van der Waals surface area contributed by atoms with Gasteiger partial charge in [0.25, 0.3) is 5.91 Å². The predicted octanol–water partition coefficient (Wildman–Crippen LogP) is 2.94. The van der Waals surface area contributed by atoms with Crippen LogP contribution in [-0.2, 0) is 6.54 Å². The Morgan fingerprint density at radius 1 is 1.48 bits per heavy atom. The molecule has 0 fully saturated rings. The highest BCUT2D eigenvalue weighted by Gasteiger charge is 2.17. The summed E-state index contributed by atoms with van der Waals surface area (Å²) in [6.45, 7) is 5.45. The van der Waals surface area contributed by atoms with Crippen LogP contribution < -0.4 is 5.32 Å². The van der Waals surface area contributed by atoms with Crippen molar-refractivity contribution in [3.63, 3.8) is 0 Å². The third-order valence-electron chi connectivity index (χ3n) is 3.19. The number of thiazole rings is 1. The molecule has 6 heteroatoms. The van der Waals surface area contributed by atoms with E-state index in [1.165, 1.54) is 0 Å². The molecule has 0 aromatic carbocycles. The number of amides is 1. The maximum atomic E-state index is 12.6. The van der Waals surface area contributed by atoms with Gasteiger partial charge in [-0.3, -0.25) is 9.78 Å². The van der Waals surface area contributed by atoms with Crippen LogP contribution >= 0.6 is 11.3 Å². The molecule has 21 heavy (non-hydrogen) atoms. The highest BCUT2D eigenvalue weighted by molar-refractivity contribution is 7.09. The van der Waals surface area contributed by atoms with Gasteiger partial charge in [-0.1, -0.05) is 6.92 Å². The molecule has 112 valence electrons. The minimum atomic E-state index is -0.0104.